The summed E-state index contributed by atoms with van der Waals surface area (Å²) in [5, 5.41) is 35.6. The number of nitrogens with zero attached hydrogens (tertiary/aromatic N) is 6. The maximum absolute atomic E-state index is 14.1. The van der Waals surface area contributed by atoms with Gasteiger partial charge in [-0.2, -0.15) is 5.10 Å². The second-order valence-electron chi connectivity index (χ2n) is 11.4. The number of hydrogen-bond acceptors (Lipinski definition) is 7. The average Bonchev–Trinajstić information content (AvgIpc) is 3.60. The molecule has 0 radical (unpaired) electrons. The van der Waals surface area contributed by atoms with Crippen molar-refractivity contribution in [2.24, 2.45) is 11.0 Å². The predicted octanol–water partition coefficient (Wildman–Crippen LogP) is 4.36. The molecule has 0 aliphatic carbocycles. The third kappa shape index (κ3) is 6.07. The van der Waals surface area contributed by atoms with Gasteiger partial charge in [-0.05, 0) is 35.7 Å². The molecule has 3 heterocycles. The zero-order valence-corrected chi connectivity index (χ0v) is 25.2. The standard InChI is InChI=1S/C35H36N6O4/c1-25(10-8-9-20-39-24-28(19-21-42)36-38-39)35(45)30-22-29(41-33(43)18-16-31(37-41)27-13-6-3-7-14-27)15-17-32(30)40(34(35)44)23-26-11-4-2-5-12-26/h2-8,10-15,17,22,24-25,42,45H,9,16,18-21,23H2,1H3/b10-8+/t25-,35+/m1/s1. The largest absolute Gasteiger partial charge is 0.396 e. The number of hydrazone groups is 1. The van der Waals surface area contributed by atoms with E-state index in [1.807, 2.05) is 79.7 Å². The molecule has 0 bridgehead atoms. The Bertz CT molecular complexity index is 1740. The van der Waals surface area contributed by atoms with Crippen molar-refractivity contribution in [3.63, 3.8) is 0 Å². The van der Waals surface area contributed by atoms with Crippen molar-refractivity contribution in [1.29, 1.82) is 0 Å². The topological polar surface area (TPSA) is 124 Å². The van der Waals surface area contributed by atoms with Gasteiger partial charge >= 0.3 is 0 Å². The molecule has 4 aromatic rings. The number of hydrogen-bond donors (Lipinski definition) is 2. The summed E-state index contributed by atoms with van der Waals surface area (Å²) in [5.74, 6) is -1.15. The lowest BCUT2D eigenvalue weighted by atomic mass is 9.82. The van der Waals surface area contributed by atoms with Crippen molar-refractivity contribution in [1.82, 2.24) is 15.0 Å². The van der Waals surface area contributed by atoms with Gasteiger partial charge in [-0.1, -0.05) is 85.0 Å². The van der Waals surface area contributed by atoms with Crippen LogP contribution in [0.4, 0.5) is 11.4 Å². The molecule has 0 fully saturated rings. The highest BCUT2D eigenvalue weighted by atomic mass is 16.3. The van der Waals surface area contributed by atoms with E-state index in [1.54, 1.807) is 34.0 Å². The fraction of sp³-hybridized carbons (Fsp3) is 0.286. The van der Waals surface area contributed by atoms with Gasteiger partial charge in [0.05, 0.1) is 29.3 Å². The number of benzene rings is 3. The molecule has 230 valence electrons. The number of carbonyl (C=O) groups is 2. The second-order valence-corrected chi connectivity index (χ2v) is 11.4. The van der Waals surface area contributed by atoms with Gasteiger partial charge in [-0.3, -0.25) is 14.3 Å². The van der Waals surface area contributed by atoms with Gasteiger partial charge in [0.25, 0.3) is 5.91 Å². The number of fused-ring (bicyclic) bond motifs is 1. The highest BCUT2D eigenvalue weighted by Gasteiger charge is 2.52. The highest BCUT2D eigenvalue weighted by molar-refractivity contribution is 6.10. The summed E-state index contributed by atoms with van der Waals surface area (Å²) in [7, 11) is 0. The van der Waals surface area contributed by atoms with E-state index in [0.717, 1.165) is 22.5 Å². The van der Waals surface area contributed by atoms with E-state index in [2.05, 4.69) is 10.3 Å². The number of aromatic nitrogens is 3. The Hall–Kier alpha value is -4.93. The smallest absolute Gasteiger partial charge is 0.264 e. The van der Waals surface area contributed by atoms with E-state index in [9.17, 15) is 14.7 Å². The van der Waals surface area contributed by atoms with Gasteiger partial charge in [-0.15, -0.1) is 5.10 Å². The van der Waals surface area contributed by atoms with Crippen LogP contribution >= 0.6 is 0 Å². The van der Waals surface area contributed by atoms with Gasteiger partial charge in [0.1, 0.15) is 0 Å². The Morgan fingerprint density at radius 2 is 1.76 bits per heavy atom. The summed E-state index contributed by atoms with van der Waals surface area (Å²) in [6.07, 6.45) is 7.48. The third-order valence-corrected chi connectivity index (χ3v) is 8.38. The molecule has 2 amide bonds. The Balaban J connectivity index is 1.31. The van der Waals surface area contributed by atoms with Crippen LogP contribution in [-0.2, 0) is 34.7 Å². The molecule has 2 aliphatic heterocycles. The number of rotatable bonds is 11. The minimum Gasteiger partial charge on any atom is -0.396 e. The van der Waals surface area contributed by atoms with Gasteiger partial charge in [0, 0.05) is 50.1 Å². The van der Waals surface area contributed by atoms with Gasteiger partial charge < -0.3 is 15.1 Å². The molecule has 0 unspecified atom stereocenters. The SMILES string of the molecule is C[C@H](/C=C/CCn1cc(CCO)nn1)[C@@]1(O)C(=O)N(Cc2ccccc2)c2ccc(N3N=C(c4ccccc4)CCC3=O)cc21. The maximum Gasteiger partial charge on any atom is 0.264 e. The zero-order chi connectivity index (χ0) is 31.4. The van der Waals surface area contributed by atoms with Crippen LogP contribution in [0.1, 0.15) is 48.6 Å². The van der Waals surface area contributed by atoms with Gasteiger partial charge in [0.15, 0.2) is 5.60 Å². The Morgan fingerprint density at radius 3 is 2.51 bits per heavy atom. The number of aliphatic hydroxyl groups is 2. The molecule has 0 saturated carbocycles. The molecule has 45 heavy (non-hydrogen) atoms. The summed E-state index contributed by atoms with van der Waals surface area (Å²) < 4.78 is 1.71. The first-order chi connectivity index (χ1) is 21.9. The average molecular weight is 605 g/mol. The molecule has 10 heteroatoms. The number of anilines is 2. The molecule has 2 N–H and O–H groups in total. The van der Waals surface area contributed by atoms with E-state index < -0.39 is 17.4 Å². The lowest BCUT2D eigenvalue weighted by molar-refractivity contribution is -0.139. The van der Waals surface area contributed by atoms with Crippen molar-refractivity contribution in [3.8, 4) is 0 Å². The van der Waals surface area contributed by atoms with Crippen LogP contribution in [0.5, 0.6) is 0 Å². The molecule has 2 atom stereocenters. The lowest BCUT2D eigenvalue weighted by Gasteiger charge is -2.28. The molecule has 0 saturated heterocycles. The van der Waals surface area contributed by atoms with E-state index in [0.29, 0.717) is 55.7 Å². The van der Waals surface area contributed by atoms with E-state index >= 15 is 0 Å². The molecule has 0 spiro atoms. The van der Waals surface area contributed by atoms with E-state index in [4.69, 9.17) is 10.2 Å². The first-order valence-corrected chi connectivity index (χ1v) is 15.2. The quantitative estimate of drug-likeness (QED) is 0.245. The summed E-state index contributed by atoms with van der Waals surface area (Å²) in [4.78, 5) is 28.9. The highest BCUT2D eigenvalue weighted by Crippen LogP contribution is 2.47. The van der Waals surface area contributed by atoms with Crippen LogP contribution < -0.4 is 9.91 Å². The fourth-order valence-electron chi connectivity index (χ4n) is 5.91. The molecule has 2 aliphatic rings. The number of amides is 2. The van der Waals surface area contributed by atoms with Crippen molar-refractivity contribution in [2.45, 2.75) is 51.3 Å². The van der Waals surface area contributed by atoms with Gasteiger partial charge in [-0.25, -0.2) is 5.01 Å². The van der Waals surface area contributed by atoms with E-state index in [1.165, 1.54) is 5.01 Å². The molecule has 10 nitrogen and oxygen atoms in total. The normalized spacial score (nSPS) is 18.9. The van der Waals surface area contributed by atoms with Crippen molar-refractivity contribution < 1.29 is 19.8 Å². The van der Waals surface area contributed by atoms with Crippen molar-refractivity contribution in [2.75, 3.05) is 16.5 Å². The van der Waals surface area contributed by atoms with Crippen LogP contribution in [0.3, 0.4) is 0 Å². The maximum atomic E-state index is 14.1. The van der Waals surface area contributed by atoms with Crippen molar-refractivity contribution >= 4 is 28.9 Å². The second kappa shape index (κ2) is 13.0. The van der Waals surface area contributed by atoms with Crippen LogP contribution in [-0.4, -0.2) is 49.3 Å². The molecule has 6 rings (SSSR count). The number of aryl methyl sites for hydroxylation is 1. The summed E-state index contributed by atoms with van der Waals surface area (Å²) in [6, 6.07) is 24.7. The van der Waals surface area contributed by atoms with Crippen LogP contribution in [0, 0.1) is 5.92 Å². The summed E-state index contributed by atoms with van der Waals surface area (Å²) in [5.41, 5.74) is 3.10. The minimum absolute atomic E-state index is 0.0136. The number of carbonyl (C=O) groups excluding carboxylic acids is 2. The van der Waals surface area contributed by atoms with Crippen LogP contribution in [0.2, 0.25) is 0 Å². The first kappa shape index (κ1) is 30.1. The third-order valence-electron chi connectivity index (χ3n) is 8.38. The molecular formula is C35H36N6O4. The predicted molar refractivity (Wildman–Crippen MR) is 171 cm³/mol. The summed E-state index contributed by atoms with van der Waals surface area (Å²) >= 11 is 0. The first-order valence-electron chi connectivity index (χ1n) is 15.2. The summed E-state index contributed by atoms with van der Waals surface area (Å²) in [6.45, 7) is 2.70. The monoisotopic (exact) mass is 604 g/mol. The van der Waals surface area contributed by atoms with Gasteiger partial charge in [0.2, 0.25) is 5.91 Å². The molecule has 1 aromatic heterocycles. The minimum atomic E-state index is -1.86. The zero-order valence-electron chi connectivity index (χ0n) is 25.2. The molecular weight excluding hydrogens is 568 g/mol. The van der Waals surface area contributed by atoms with Crippen LogP contribution in [0.25, 0.3) is 0 Å². The van der Waals surface area contributed by atoms with Crippen molar-refractivity contribution in [3.05, 3.63) is 120 Å². The fourth-order valence-corrected chi connectivity index (χ4v) is 5.91. The Kier molecular flexibility index (Phi) is 8.68. The Labute approximate surface area is 261 Å². The number of aliphatic hydroxyl groups excluding tert-OH is 1. The molecule has 3 aromatic carbocycles. The van der Waals surface area contributed by atoms with E-state index in [-0.39, 0.29) is 12.5 Å². The number of allylic oxidation sites excluding steroid dienone is 1. The van der Waals surface area contributed by atoms with Crippen LogP contribution in [0.15, 0.2) is 102 Å². The lowest BCUT2D eigenvalue weighted by Crippen LogP contribution is -2.44. The Morgan fingerprint density at radius 1 is 1.00 bits per heavy atom.